The van der Waals surface area contributed by atoms with Crippen molar-refractivity contribution < 1.29 is 23.1 Å². The van der Waals surface area contributed by atoms with Gasteiger partial charge in [-0.3, -0.25) is 0 Å². The lowest BCUT2D eigenvalue weighted by Gasteiger charge is -2.21. The summed E-state index contributed by atoms with van der Waals surface area (Å²) in [5, 5.41) is 8.95. The van der Waals surface area contributed by atoms with Gasteiger partial charge < -0.3 is 9.84 Å². The largest absolute Gasteiger partial charge is 0.465 e. The number of aliphatic hydroxyl groups excluding tert-OH is 1. The quantitative estimate of drug-likeness (QED) is 0.719. The zero-order valence-electron chi connectivity index (χ0n) is 12.1. The number of benzene rings is 1. The maximum absolute atomic E-state index is 12.3. The van der Waals surface area contributed by atoms with Crippen LogP contribution in [-0.2, 0) is 14.8 Å². The highest BCUT2D eigenvalue weighted by Gasteiger charge is 2.23. The van der Waals surface area contributed by atoms with E-state index in [-0.39, 0.29) is 22.3 Å². The number of rotatable bonds is 7. The molecule has 6 nitrogen and oxygen atoms in total. The Morgan fingerprint density at radius 2 is 2.14 bits per heavy atom. The van der Waals surface area contributed by atoms with Gasteiger partial charge in [0.25, 0.3) is 0 Å². The molecule has 1 aromatic carbocycles. The molecule has 2 unspecified atom stereocenters. The van der Waals surface area contributed by atoms with E-state index in [9.17, 15) is 18.3 Å². The maximum Gasteiger partial charge on any atom is 0.337 e. The summed E-state index contributed by atoms with van der Waals surface area (Å²) in [5.74, 6) is -0.600. The number of carbonyl (C=O) groups excluding carboxylic acids is 1. The summed E-state index contributed by atoms with van der Waals surface area (Å²) < 4.78 is 31.6. The third-order valence-electron chi connectivity index (χ3n) is 2.95. The Balaban J connectivity index is 3.00. The molecule has 0 radical (unpaired) electrons. The molecule has 0 fully saturated rings. The fourth-order valence-corrected chi connectivity index (χ4v) is 3.77. The lowest BCUT2D eigenvalue weighted by Crippen LogP contribution is -2.41. The Bertz CT molecular complexity index is 584. The van der Waals surface area contributed by atoms with Gasteiger partial charge in [0, 0.05) is 11.3 Å². The monoisotopic (exact) mass is 333 g/mol. The third kappa shape index (κ3) is 4.70. The molecule has 0 aliphatic heterocycles. The number of thioether (sulfide) groups is 1. The van der Waals surface area contributed by atoms with Crippen LogP contribution in [0.4, 0.5) is 0 Å². The molecule has 0 aliphatic carbocycles. The number of sulfonamides is 1. The molecule has 0 spiro atoms. The molecule has 0 aliphatic rings. The van der Waals surface area contributed by atoms with Crippen molar-refractivity contribution in [2.75, 3.05) is 20.0 Å². The van der Waals surface area contributed by atoms with Crippen LogP contribution in [0.5, 0.6) is 0 Å². The minimum absolute atomic E-state index is 0.0185. The van der Waals surface area contributed by atoms with Crippen molar-refractivity contribution in [3.05, 3.63) is 29.8 Å². The van der Waals surface area contributed by atoms with Crippen molar-refractivity contribution in [2.45, 2.75) is 23.1 Å². The molecular weight excluding hydrogens is 314 g/mol. The molecule has 0 saturated carbocycles. The van der Waals surface area contributed by atoms with E-state index in [1.54, 1.807) is 13.2 Å². The summed E-state index contributed by atoms with van der Waals surface area (Å²) in [6.07, 6.45) is 1.80. The van der Waals surface area contributed by atoms with Crippen LogP contribution in [0.25, 0.3) is 0 Å². The fourth-order valence-electron chi connectivity index (χ4n) is 1.73. The molecule has 0 saturated heterocycles. The van der Waals surface area contributed by atoms with Crippen molar-refractivity contribution in [1.82, 2.24) is 4.72 Å². The second-order valence-corrected chi connectivity index (χ2v) is 7.18. The van der Waals surface area contributed by atoms with Gasteiger partial charge >= 0.3 is 5.97 Å². The predicted molar refractivity (Wildman–Crippen MR) is 82.0 cm³/mol. The first kappa shape index (κ1) is 18.0. The van der Waals surface area contributed by atoms with Crippen LogP contribution < -0.4 is 4.72 Å². The lowest BCUT2D eigenvalue weighted by atomic mass is 10.2. The number of nitrogens with one attached hydrogen (secondary N) is 1. The van der Waals surface area contributed by atoms with Crippen LogP contribution in [0.2, 0.25) is 0 Å². The summed E-state index contributed by atoms with van der Waals surface area (Å²) in [5.41, 5.74) is 0.164. The van der Waals surface area contributed by atoms with Crippen LogP contribution >= 0.6 is 11.8 Å². The zero-order chi connectivity index (χ0) is 16.0. The van der Waals surface area contributed by atoms with Crippen molar-refractivity contribution in [3.8, 4) is 0 Å². The number of carbonyl (C=O) groups is 1. The molecule has 1 aromatic rings. The summed E-state index contributed by atoms with van der Waals surface area (Å²) in [6, 6.07) is 5.16. The van der Waals surface area contributed by atoms with Crippen LogP contribution in [0.15, 0.2) is 29.2 Å². The number of esters is 1. The van der Waals surface area contributed by atoms with Gasteiger partial charge in [-0.15, -0.1) is 0 Å². The van der Waals surface area contributed by atoms with E-state index in [1.165, 1.54) is 43.1 Å². The van der Waals surface area contributed by atoms with Gasteiger partial charge in [0.05, 0.1) is 24.2 Å². The normalized spacial score (nSPS) is 14.5. The summed E-state index contributed by atoms with van der Waals surface area (Å²) in [7, 11) is -2.54. The van der Waals surface area contributed by atoms with E-state index >= 15 is 0 Å². The van der Waals surface area contributed by atoms with Gasteiger partial charge in [0.15, 0.2) is 0 Å². The fraction of sp³-hybridized carbons (Fsp3) is 0.462. The number of aliphatic hydroxyl groups is 1. The average molecular weight is 333 g/mol. The van der Waals surface area contributed by atoms with E-state index in [2.05, 4.69) is 9.46 Å². The number of hydrogen-bond donors (Lipinski definition) is 2. The van der Waals surface area contributed by atoms with E-state index in [4.69, 9.17) is 0 Å². The van der Waals surface area contributed by atoms with Gasteiger partial charge in [0.1, 0.15) is 0 Å². The average Bonchev–Trinajstić information content (AvgIpc) is 2.47. The Morgan fingerprint density at radius 3 is 2.67 bits per heavy atom. The second kappa shape index (κ2) is 7.79. The zero-order valence-corrected chi connectivity index (χ0v) is 13.7. The Morgan fingerprint density at radius 1 is 1.48 bits per heavy atom. The smallest absolute Gasteiger partial charge is 0.337 e. The molecule has 0 heterocycles. The first-order chi connectivity index (χ1) is 9.85. The first-order valence-electron chi connectivity index (χ1n) is 6.20. The summed E-state index contributed by atoms with van der Waals surface area (Å²) >= 11 is 1.37. The van der Waals surface area contributed by atoms with E-state index in [0.29, 0.717) is 0 Å². The molecule has 2 atom stereocenters. The van der Waals surface area contributed by atoms with E-state index in [0.717, 1.165) is 0 Å². The van der Waals surface area contributed by atoms with Gasteiger partial charge in [-0.05, 0) is 31.4 Å². The topological polar surface area (TPSA) is 92.7 Å². The Kier molecular flexibility index (Phi) is 6.66. The molecule has 2 N–H and O–H groups in total. The third-order valence-corrected chi connectivity index (χ3v) is 5.67. The highest BCUT2D eigenvalue weighted by Crippen LogP contribution is 2.16. The number of methoxy groups -OCH3 is 1. The summed E-state index contributed by atoms with van der Waals surface area (Å²) in [6.45, 7) is 1.55. The first-order valence-corrected chi connectivity index (χ1v) is 8.97. The number of ether oxygens (including phenoxy) is 1. The van der Waals surface area contributed by atoms with Crippen molar-refractivity contribution in [2.24, 2.45) is 0 Å². The maximum atomic E-state index is 12.3. The molecule has 0 amide bonds. The minimum atomic E-state index is -3.77. The van der Waals surface area contributed by atoms with Gasteiger partial charge in [0.2, 0.25) is 10.0 Å². The standard InChI is InChI=1S/C13H19NO5S2/c1-9(12(8-15)20-3)14-21(17,18)11-6-4-5-10(7-11)13(16)19-2/h4-7,9,12,14-15H,8H2,1-3H3. The predicted octanol–water partition coefficient (Wildman–Crippen LogP) is 0.864. The Labute approximate surface area is 128 Å². The highest BCUT2D eigenvalue weighted by molar-refractivity contribution is 7.99. The van der Waals surface area contributed by atoms with Crippen molar-refractivity contribution in [3.63, 3.8) is 0 Å². The molecule has 0 aromatic heterocycles. The molecule has 1 rings (SSSR count). The van der Waals surface area contributed by atoms with E-state index < -0.39 is 22.0 Å². The summed E-state index contributed by atoms with van der Waals surface area (Å²) in [4.78, 5) is 11.4. The van der Waals surface area contributed by atoms with Crippen molar-refractivity contribution in [1.29, 1.82) is 0 Å². The molecule has 0 bridgehead atoms. The van der Waals surface area contributed by atoms with Gasteiger partial charge in [-0.2, -0.15) is 11.8 Å². The highest BCUT2D eigenvalue weighted by atomic mass is 32.2. The molecule has 118 valence electrons. The Hall–Kier alpha value is -1.09. The van der Waals surface area contributed by atoms with Gasteiger partial charge in [-0.25, -0.2) is 17.9 Å². The lowest BCUT2D eigenvalue weighted by molar-refractivity contribution is 0.0600. The second-order valence-electron chi connectivity index (χ2n) is 4.39. The minimum Gasteiger partial charge on any atom is -0.465 e. The molecular formula is C13H19NO5S2. The van der Waals surface area contributed by atoms with Crippen LogP contribution in [0, 0.1) is 0 Å². The van der Waals surface area contributed by atoms with Crippen LogP contribution in [0.3, 0.4) is 0 Å². The van der Waals surface area contributed by atoms with Crippen molar-refractivity contribution >= 4 is 27.8 Å². The molecule has 21 heavy (non-hydrogen) atoms. The molecule has 8 heteroatoms. The van der Waals surface area contributed by atoms with Gasteiger partial charge in [-0.1, -0.05) is 6.07 Å². The van der Waals surface area contributed by atoms with E-state index in [1.807, 2.05) is 0 Å². The SMILES string of the molecule is COC(=O)c1cccc(S(=O)(=O)NC(C)C(CO)SC)c1. The number of hydrogen-bond acceptors (Lipinski definition) is 6. The van der Waals surface area contributed by atoms with Crippen LogP contribution in [-0.4, -0.2) is 50.8 Å². The van der Waals surface area contributed by atoms with Crippen LogP contribution in [0.1, 0.15) is 17.3 Å².